The van der Waals surface area contributed by atoms with Crippen molar-refractivity contribution in [3.8, 4) is 0 Å². The van der Waals surface area contributed by atoms with E-state index in [2.05, 4.69) is 4.90 Å². The number of carbonyl (C=O) groups is 1. The third-order valence-electron chi connectivity index (χ3n) is 5.39. The second-order valence-electron chi connectivity index (χ2n) is 7.82. The van der Waals surface area contributed by atoms with E-state index in [0.29, 0.717) is 45.8 Å². The Balaban J connectivity index is 1.58. The normalized spacial score (nSPS) is 18.0. The molecule has 0 aliphatic carbocycles. The van der Waals surface area contributed by atoms with Gasteiger partial charge in [0.25, 0.3) is 5.91 Å². The second kappa shape index (κ2) is 11.9. The average molecular weight is 431 g/mol. The van der Waals surface area contributed by atoms with Crippen LogP contribution in [0.5, 0.6) is 0 Å². The van der Waals surface area contributed by atoms with Gasteiger partial charge in [0.2, 0.25) is 0 Å². The summed E-state index contributed by atoms with van der Waals surface area (Å²) in [6, 6.07) is 15.9. The van der Waals surface area contributed by atoms with Crippen LogP contribution in [0.2, 0.25) is 0 Å². The number of hydrogen-bond acceptors (Lipinski definition) is 5. The van der Waals surface area contributed by atoms with Gasteiger partial charge in [-0.15, -0.1) is 0 Å². The smallest absolute Gasteiger partial charge is 0.256 e. The Kier molecular flexibility index (Phi) is 8.97. The van der Waals surface area contributed by atoms with Gasteiger partial charge in [-0.1, -0.05) is 42.5 Å². The van der Waals surface area contributed by atoms with Gasteiger partial charge in [0.05, 0.1) is 31.0 Å². The molecule has 0 bridgehead atoms. The van der Waals surface area contributed by atoms with Crippen molar-refractivity contribution in [2.75, 3.05) is 53.0 Å². The Morgan fingerprint density at radius 2 is 2.00 bits per heavy atom. The van der Waals surface area contributed by atoms with E-state index >= 15 is 0 Å². The zero-order valence-corrected chi connectivity index (χ0v) is 18.0. The van der Waals surface area contributed by atoms with Gasteiger partial charge in [0.15, 0.2) is 0 Å². The molecule has 3 rings (SSSR count). The lowest BCUT2D eigenvalue weighted by molar-refractivity contribution is -0.0515. The van der Waals surface area contributed by atoms with Crippen LogP contribution in [0.4, 0.5) is 4.39 Å². The summed E-state index contributed by atoms with van der Waals surface area (Å²) in [5.41, 5.74) is 1.14. The minimum atomic E-state index is -0.537. The Labute approximate surface area is 183 Å². The Hall–Kier alpha value is -2.32. The van der Waals surface area contributed by atoms with Gasteiger partial charge < -0.3 is 19.5 Å². The minimum Gasteiger partial charge on any atom is -0.391 e. The molecule has 6 nitrogen and oxygen atoms in total. The van der Waals surface area contributed by atoms with Gasteiger partial charge in [0.1, 0.15) is 5.82 Å². The number of carbonyl (C=O) groups excluding carboxylic acids is 1. The molecule has 2 aromatic rings. The maximum Gasteiger partial charge on any atom is 0.256 e. The van der Waals surface area contributed by atoms with Crippen LogP contribution in [0.25, 0.3) is 0 Å². The molecule has 168 valence electrons. The maximum atomic E-state index is 14.1. The van der Waals surface area contributed by atoms with Gasteiger partial charge in [-0.05, 0) is 24.1 Å². The fraction of sp³-hybridized carbons (Fsp3) is 0.458. The number of rotatable bonds is 10. The lowest BCUT2D eigenvalue weighted by Crippen LogP contribution is -2.51. The summed E-state index contributed by atoms with van der Waals surface area (Å²) in [6.07, 6.45) is -0.106. The lowest BCUT2D eigenvalue weighted by atomic mass is 10.1. The van der Waals surface area contributed by atoms with E-state index in [0.717, 1.165) is 12.1 Å². The molecule has 2 aromatic carbocycles. The largest absolute Gasteiger partial charge is 0.391 e. The molecule has 0 saturated carbocycles. The molecule has 0 spiro atoms. The molecule has 7 heteroatoms. The van der Waals surface area contributed by atoms with Crippen LogP contribution >= 0.6 is 0 Å². The SMILES string of the molecule is COCCN(C[C@@H]1CN(C[C@H](O)Cc2ccccc2)CCO1)C(=O)c1ccccc1F. The Morgan fingerprint density at radius 1 is 1.26 bits per heavy atom. The number of methoxy groups -OCH3 is 1. The van der Waals surface area contributed by atoms with E-state index in [1.165, 1.54) is 12.1 Å². The monoisotopic (exact) mass is 430 g/mol. The quantitative estimate of drug-likeness (QED) is 0.626. The number of hydrogen-bond donors (Lipinski definition) is 1. The number of morpholine rings is 1. The number of nitrogens with zero attached hydrogens (tertiary/aromatic N) is 2. The molecular weight excluding hydrogens is 399 g/mol. The number of ether oxygens (including phenoxy) is 2. The first-order valence-corrected chi connectivity index (χ1v) is 10.7. The molecule has 31 heavy (non-hydrogen) atoms. The average Bonchev–Trinajstić information content (AvgIpc) is 2.77. The van der Waals surface area contributed by atoms with Gasteiger partial charge in [-0.3, -0.25) is 9.69 Å². The number of aliphatic hydroxyl groups excluding tert-OH is 1. The third kappa shape index (κ3) is 7.11. The summed E-state index contributed by atoms with van der Waals surface area (Å²) >= 11 is 0. The van der Waals surface area contributed by atoms with Crippen molar-refractivity contribution in [2.45, 2.75) is 18.6 Å². The standard InChI is InChI=1S/C24H31FN2O4/c1-30-13-12-27(24(29)22-9-5-6-10-23(22)25)18-21-17-26(11-14-31-21)16-20(28)15-19-7-3-2-4-8-19/h2-10,20-21,28H,11-18H2,1H3/t20-,21+/m1/s1. The summed E-state index contributed by atoms with van der Waals surface area (Å²) in [5.74, 6) is -0.912. The highest BCUT2D eigenvalue weighted by atomic mass is 19.1. The van der Waals surface area contributed by atoms with Crippen molar-refractivity contribution < 1.29 is 23.8 Å². The fourth-order valence-electron chi connectivity index (χ4n) is 3.83. The molecule has 1 aliphatic rings. The zero-order chi connectivity index (χ0) is 22.1. The number of β-amino-alcohol motifs (C(OH)–C–C–N with tert-alkyl or cyclic N) is 1. The van der Waals surface area contributed by atoms with Crippen LogP contribution in [-0.4, -0.2) is 86.1 Å². The molecule has 0 radical (unpaired) electrons. The van der Waals surface area contributed by atoms with Gasteiger partial charge in [-0.2, -0.15) is 0 Å². The van der Waals surface area contributed by atoms with Crippen molar-refractivity contribution in [1.29, 1.82) is 0 Å². The van der Waals surface area contributed by atoms with Crippen LogP contribution in [0.3, 0.4) is 0 Å². The summed E-state index contributed by atoms with van der Waals surface area (Å²) < 4.78 is 25.2. The van der Waals surface area contributed by atoms with Crippen LogP contribution in [0.15, 0.2) is 54.6 Å². The summed E-state index contributed by atoms with van der Waals surface area (Å²) in [4.78, 5) is 16.7. The molecular formula is C24H31FN2O4. The van der Waals surface area contributed by atoms with E-state index in [9.17, 15) is 14.3 Å². The molecule has 0 unspecified atom stereocenters. The first-order valence-electron chi connectivity index (χ1n) is 10.7. The summed E-state index contributed by atoms with van der Waals surface area (Å²) in [7, 11) is 1.57. The molecule has 1 saturated heterocycles. The van der Waals surface area contributed by atoms with E-state index in [1.54, 1.807) is 24.1 Å². The third-order valence-corrected chi connectivity index (χ3v) is 5.39. The topological polar surface area (TPSA) is 62.2 Å². The summed E-state index contributed by atoms with van der Waals surface area (Å²) in [5, 5.41) is 10.5. The molecule has 1 heterocycles. The highest BCUT2D eigenvalue weighted by Crippen LogP contribution is 2.14. The molecule has 1 amide bonds. The summed E-state index contributed by atoms with van der Waals surface area (Å²) in [6.45, 7) is 3.42. The highest BCUT2D eigenvalue weighted by molar-refractivity contribution is 5.94. The second-order valence-corrected chi connectivity index (χ2v) is 7.82. The first kappa shape index (κ1) is 23.3. The number of halogens is 1. The number of aliphatic hydroxyl groups is 1. The minimum absolute atomic E-state index is 0.0459. The van der Waals surface area contributed by atoms with E-state index in [-0.39, 0.29) is 17.6 Å². The van der Waals surface area contributed by atoms with E-state index in [1.807, 2.05) is 30.3 Å². The van der Waals surface area contributed by atoms with Crippen LogP contribution in [0.1, 0.15) is 15.9 Å². The molecule has 0 aromatic heterocycles. The predicted molar refractivity (Wildman–Crippen MR) is 117 cm³/mol. The first-order chi connectivity index (χ1) is 15.1. The molecule has 1 N–H and O–H groups in total. The van der Waals surface area contributed by atoms with Gasteiger partial charge in [-0.25, -0.2) is 4.39 Å². The Morgan fingerprint density at radius 3 is 2.74 bits per heavy atom. The highest BCUT2D eigenvalue weighted by Gasteiger charge is 2.27. The van der Waals surface area contributed by atoms with Crippen molar-refractivity contribution in [3.63, 3.8) is 0 Å². The lowest BCUT2D eigenvalue weighted by Gasteiger charge is -2.36. The molecule has 2 atom stereocenters. The van der Waals surface area contributed by atoms with E-state index < -0.39 is 11.9 Å². The number of amides is 1. The van der Waals surface area contributed by atoms with Crippen LogP contribution in [0, 0.1) is 5.82 Å². The van der Waals surface area contributed by atoms with Crippen molar-refractivity contribution in [2.24, 2.45) is 0 Å². The van der Waals surface area contributed by atoms with Gasteiger partial charge in [0, 0.05) is 39.8 Å². The molecule has 1 aliphatic heterocycles. The number of benzene rings is 2. The molecule has 1 fully saturated rings. The predicted octanol–water partition coefficient (Wildman–Crippen LogP) is 2.22. The zero-order valence-electron chi connectivity index (χ0n) is 18.0. The maximum absolute atomic E-state index is 14.1. The van der Waals surface area contributed by atoms with Gasteiger partial charge >= 0.3 is 0 Å². The van der Waals surface area contributed by atoms with Crippen LogP contribution in [-0.2, 0) is 15.9 Å². The Bertz CT molecular complexity index is 820. The van der Waals surface area contributed by atoms with Crippen molar-refractivity contribution in [1.82, 2.24) is 9.80 Å². The van der Waals surface area contributed by atoms with Crippen molar-refractivity contribution >= 4 is 5.91 Å². The van der Waals surface area contributed by atoms with E-state index in [4.69, 9.17) is 9.47 Å². The van der Waals surface area contributed by atoms with Crippen molar-refractivity contribution in [3.05, 3.63) is 71.5 Å². The fourth-order valence-corrected chi connectivity index (χ4v) is 3.83. The van der Waals surface area contributed by atoms with Crippen LogP contribution < -0.4 is 0 Å².